The lowest BCUT2D eigenvalue weighted by molar-refractivity contribution is -0.161. The highest BCUT2D eigenvalue weighted by molar-refractivity contribution is 5.70. The third kappa shape index (κ3) is 32.8. The number of hydrogen-bond acceptors (Lipinski definition) is 5. The fraction of sp³-hybridized carbons (Fsp3) is 0.744. The van der Waals surface area contributed by atoms with Gasteiger partial charge in [0.05, 0.1) is 6.61 Å². The van der Waals surface area contributed by atoms with Gasteiger partial charge in [0.1, 0.15) is 6.61 Å². The van der Waals surface area contributed by atoms with Gasteiger partial charge in [-0.05, 0) is 70.6 Å². The zero-order valence-corrected chi connectivity index (χ0v) is 28.7. The second-order valence-corrected chi connectivity index (χ2v) is 11.9. The van der Waals surface area contributed by atoms with E-state index in [1.54, 1.807) is 0 Å². The van der Waals surface area contributed by atoms with E-state index in [2.05, 4.69) is 62.5 Å². The van der Waals surface area contributed by atoms with Gasteiger partial charge >= 0.3 is 11.9 Å². The number of esters is 2. The van der Waals surface area contributed by atoms with Gasteiger partial charge in [0.25, 0.3) is 0 Å². The molecular formula is C39H68O5. The summed E-state index contributed by atoms with van der Waals surface area (Å²) in [6, 6.07) is 0. The minimum atomic E-state index is -0.782. The first-order valence-electron chi connectivity index (χ1n) is 18.2. The van der Waals surface area contributed by atoms with Crippen LogP contribution in [0.5, 0.6) is 0 Å². The Bertz CT molecular complexity index is 752. The van der Waals surface area contributed by atoms with Crippen LogP contribution in [0.2, 0.25) is 0 Å². The van der Waals surface area contributed by atoms with Crippen molar-refractivity contribution in [2.45, 2.75) is 174 Å². The minimum absolute atomic E-state index is 0.0780. The summed E-state index contributed by atoms with van der Waals surface area (Å²) in [4.78, 5) is 24.2. The van der Waals surface area contributed by atoms with Crippen molar-refractivity contribution in [3.8, 4) is 0 Å². The third-order valence-electron chi connectivity index (χ3n) is 7.61. The lowest BCUT2D eigenvalue weighted by Gasteiger charge is -2.15. The molecule has 0 saturated heterocycles. The monoisotopic (exact) mass is 617 g/mol. The number of hydrogen-bond donors (Lipinski definition) is 1. The SMILES string of the molecule is CC/C=C\C/C=C\C/C=C\CCCCCCCC(=O)O[C@H](CO)COC(=O)CCCCCCC/C=C\CCCCCCCC. The van der Waals surface area contributed by atoms with Crippen LogP contribution in [0.25, 0.3) is 0 Å². The van der Waals surface area contributed by atoms with Crippen molar-refractivity contribution < 1.29 is 24.2 Å². The highest BCUT2D eigenvalue weighted by Crippen LogP contribution is 2.12. The topological polar surface area (TPSA) is 72.8 Å². The van der Waals surface area contributed by atoms with E-state index in [1.165, 1.54) is 64.2 Å². The number of carbonyl (C=O) groups excluding carboxylic acids is 2. The number of aliphatic hydroxyl groups is 1. The predicted molar refractivity (Wildman–Crippen MR) is 187 cm³/mol. The molecule has 0 unspecified atom stereocenters. The molecule has 0 fully saturated rings. The Balaban J connectivity index is 3.62. The van der Waals surface area contributed by atoms with E-state index >= 15 is 0 Å². The van der Waals surface area contributed by atoms with E-state index in [1.807, 2.05) is 0 Å². The van der Waals surface area contributed by atoms with E-state index < -0.39 is 6.10 Å². The summed E-state index contributed by atoms with van der Waals surface area (Å²) < 4.78 is 10.6. The fourth-order valence-corrected chi connectivity index (χ4v) is 4.86. The third-order valence-corrected chi connectivity index (χ3v) is 7.61. The first-order chi connectivity index (χ1) is 21.6. The summed E-state index contributed by atoms with van der Waals surface area (Å²) in [7, 11) is 0. The van der Waals surface area contributed by atoms with Crippen molar-refractivity contribution in [3.05, 3.63) is 48.6 Å². The molecule has 0 radical (unpaired) electrons. The van der Waals surface area contributed by atoms with Gasteiger partial charge in [0.15, 0.2) is 6.10 Å². The summed E-state index contributed by atoms with van der Waals surface area (Å²) in [6.45, 7) is 3.98. The standard InChI is InChI=1S/C39H68O5/c1-3-5-7-9-11-13-15-17-19-21-23-25-27-29-31-33-38(41)43-36-37(35-40)44-39(42)34-32-30-28-26-24-22-20-18-16-14-12-10-8-6-4-2/h6,8,12,14,17-20,37,40H,3-5,7,9-11,13,15-16,21-36H2,1-2H3/b8-6-,14-12-,19-17-,20-18-/t37-/m1/s1. The molecule has 5 nitrogen and oxygen atoms in total. The number of allylic oxidation sites excluding steroid dienone is 8. The van der Waals surface area contributed by atoms with E-state index in [0.717, 1.165) is 77.0 Å². The summed E-state index contributed by atoms with van der Waals surface area (Å²) >= 11 is 0. The summed E-state index contributed by atoms with van der Waals surface area (Å²) in [5.41, 5.74) is 0. The first kappa shape index (κ1) is 41.9. The molecule has 254 valence electrons. The lowest BCUT2D eigenvalue weighted by atomic mass is 10.1. The zero-order chi connectivity index (χ0) is 32.2. The smallest absolute Gasteiger partial charge is 0.306 e. The highest BCUT2D eigenvalue weighted by Gasteiger charge is 2.16. The van der Waals surface area contributed by atoms with Crippen LogP contribution < -0.4 is 0 Å². The molecule has 0 aliphatic rings. The van der Waals surface area contributed by atoms with Crippen molar-refractivity contribution in [1.29, 1.82) is 0 Å². The van der Waals surface area contributed by atoms with Crippen LogP contribution in [0.4, 0.5) is 0 Å². The Morgan fingerprint density at radius 1 is 0.545 bits per heavy atom. The maximum absolute atomic E-state index is 12.1. The quantitative estimate of drug-likeness (QED) is 0.0462. The number of ether oxygens (including phenoxy) is 2. The number of aliphatic hydroxyl groups excluding tert-OH is 1. The van der Waals surface area contributed by atoms with Crippen molar-refractivity contribution in [2.75, 3.05) is 13.2 Å². The van der Waals surface area contributed by atoms with E-state index in [4.69, 9.17) is 9.47 Å². The van der Waals surface area contributed by atoms with Crippen molar-refractivity contribution in [2.24, 2.45) is 0 Å². The maximum Gasteiger partial charge on any atom is 0.306 e. The number of carbonyl (C=O) groups is 2. The Hall–Kier alpha value is -2.14. The molecular weight excluding hydrogens is 548 g/mol. The molecule has 1 atom stereocenters. The maximum atomic E-state index is 12.1. The number of rotatable bonds is 32. The molecule has 0 saturated carbocycles. The predicted octanol–water partition coefficient (Wildman–Crippen LogP) is 11.1. The van der Waals surface area contributed by atoms with Crippen LogP contribution >= 0.6 is 0 Å². The Morgan fingerprint density at radius 3 is 1.50 bits per heavy atom. The molecule has 44 heavy (non-hydrogen) atoms. The number of unbranched alkanes of at least 4 members (excludes halogenated alkanes) is 16. The average Bonchev–Trinajstić information content (AvgIpc) is 3.02. The van der Waals surface area contributed by atoms with Gasteiger partial charge in [-0.15, -0.1) is 0 Å². The van der Waals surface area contributed by atoms with Crippen LogP contribution in [0.15, 0.2) is 48.6 Å². The van der Waals surface area contributed by atoms with Gasteiger partial charge in [-0.1, -0.05) is 133 Å². The first-order valence-corrected chi connectivity index (χ1v) is 18.2. The lowest BCUT2D eigenvalue weighted by Crippen LogP contribution is -2.28. The molecule has 0 aliphatic heterocycles. The normalized spacial score (nSPS) is 12.7. The van der Waals surface area contributed by atoms with Crippen LogP contribution in [0.1, 0.15) is 168 Å². The second-order valence-electron chi connectivity index (χ2n) is 11.9. The van der Waals surface area contributed by atoms with E-state index in [0.29, 0.717) is 12.8 Å². The van der Waals surface area contributed by atoms with Crippen LogP contribution in [-0.4, -0.2) is 36.4 Å². The zero-order valence-electron chi connectivity index (χ0n) is 28.7. The summed E-state index contributed by atoms with van der Waals surface area (Å²) in [5, 5.41) is 9.52. The molecule has 0 rings (SSSR count). The molecule has 0 aromatic carbocycles. The highest BCUT2D eigenvalue weighted by atomic mass is 16.6. The van der Waals surface area contributed by atoms with E-state index in [9.17, 15) is 14.7 Å². The molecule has 1 N–H and O–H groups in total. The molecule has 0 aromatic rings. The second kappa shape index (κ2) is 35.3. The molecule has 0 bridgehead atoms. The molecule has 0 amide bonds. The molecule has 5 heteroatoms. The van der Waals surface area contributed by atoms with Gasteiger partial charge in [-0.2, -0.15) is 0 Å². The Morgan fingerprint density at radius 2 is 0.977 bits per heavy atom. The fourth-order valence-electron chi connectivity index (χ4n) is 4.86. The average molecular weight is 617 g/mol. The summed E-state index contributed by atoms with van der Waals surface area (Å²) in [6.07, 6.45) is 43.1. The van der Waals surface area contributed by atoms with Crippen molar-refractivity contribution in [1.82, 2.24) is 0 Å². The van der Waals surface area contributed by atoms with E-state index in [-0.39, 0.29) is 25.2 Å². The Labute approximate surface area is 271 Å². The van der Waals surface area contributed by atoms with Crippen LogP contribution in [0, 0.1) is 0 Å². The molecule has 0 spiro atoms. The van der Waals surface area contributed by atoms with Crippen molar-refractivity contribution >= 4 is 11.9 Å². The van der Waals surface area contributed by atoms with Gasteiger partial charge in [0, 0.05) is 12.8 Å². The molecule has 0 aliphatic carbocycles. The molecule has 0 aromatic heterocycles. The minimum Gasteiger partial charge on any atom is -0.462 e. The van der Waals surface area contributed by atoms with Gasteiger partial charge in [-0.25, -0.2) is 0 Å². The largest absolute Gasteiger partial charge is 0.462 e. The van der Waals surface area contributed by atoms with Gasteiger partial charge in [-0.3, -0.25) is 9.59 Å². The summed E-state index contributed by atoms with van der Waals surface area (Å²) in [5.74, 6) is -0.623. The van der Waals surface area contributed by atoms with Gasteiger partial charge in [0.2, 0.25) is 0 Å². The van der Waals surface area contributed by atoms with Crippen LogP contribution in [-0.2, 0) is 19.1 Å². The molecule has 0 heterocycles. The van der Waals surface area contributed by atoms with Crippen molar-refractivity contribution in [3.63, 3.8) is 0 Å². The Kier molecular flexibility index (Phi) is 33.6. The van der Waals surface area contributed by atoms with Gasteiger partial charge < -0.3 is 14.6 Å². The van der Waals surface area contributed by atoms with Crippen LogP contribution in [0.3, 0.4) is 0 Å².